The van der Waals surface area contributed by atoms with Crippen LogP contribution in [0.25, 0.3) is 0 Å². The first-order valence-electron chi connectivity index (χ1n) is 3.53. The van der Waals surface area contributed by atoms with Crippen molar-refractivity contribution in [2.75, 3.05) is 6.54 Å². The average molecular weight is 256 g/mol. The first-order valence-corrected chi connectivity index (χ1v) is 4.61. The van der Waals surface area contributed by atoms with Crippen LogP contribution in [-0.4, -0.2) is 21.4 Å². The Morgan fingerprint density at radius 2 is 2.30 bits per heavy atom. The Morgan fingerprint density at radius 3 is 2.70 bits per heavy atom. The van der Waals surface area contributed by atoms with Crippen LogP contribution in [0.2, 0.25) is 0 Å². The third kappa shape index (κ3) is 3.14. The van der Waals surface area contributed by atoms with E-state index in [4.69, 9.17) is 5.73 Å². The maximum Gasteiger partial charge on any atom is 0.169 e. The highest BCUT2D eigenvalue weighted by atomic mass is 127. The van der Waals surface area contributed by atoms with Gasteiger partial charge >= 0.3 is 0 Å². The van der Waals surface area contributed by atoms with E-state index in [0.717, 1.165) is 0 Å². The van der Waals surface area contributed by atoms with Crippen LogP contribution in [0.3, 0.4) is 0 Å². The van der Waals surface area contributed by atoms with Crippen LogP contribution in [0.5, 0.6) is 0 Å². The zero-order valence-corrected chi connectivity index (χ0v) is 7.97. The maximum absolute atomic E-state index is 9.52. The molecule has 0 aliphatic heterocycles. The van der Waals surface area contributed by atoms with E-state index in [1.54, 1.807) is 0 Å². The van der Waals surface area contributed by atoms with Gasteiger partial charge in [0.1, 0.15) is 0 Å². The van der Waals surface area contributed by atoms with E-state index in [1.165, 1.54) is 12.8 Å². The van der Waals surface area contributed by atoms with Crippen LogP contribution in [0.15, 0.2) is 0 Å². The zero-order chi connectivity index (χ0) is 7.61. The molecule has 4 N–H and O–H groups in total. The molecule has 1 rings (SSSR count). The van der Waals surface area contributed by atoms with E-state index in [9.17, 15) is 5.11 Å². The maximum atomic E-state index is 9.52. The summed E-state index contributed by atoms with van der Waals surface area (Å²) in [6.07, 6.45) is 3.00. The molecule has 1 fully saturated rings. The molecule has 4 heteroatoms. The van der Waals surface area contributed by atoms with Crippen LogP contribution >= 0.6 is 22.6 Å². The van der Waals surface area contributed by atoms with E-state index in [2.05, 4.69) is 5.32 Å². The van der Waals surface area contributed by atoms with E-state index in [1.807, 2.05) is 22.6 Å². The highest BCUT2D eigenvalue weighted by molar-refractivity contribution is 14.1. The standard InChI is InChI=1S/C6H13IN2O/c7-6(10,3-4-8)9-5-1-2-5/h5,9-10H,1-4,8H2. The molecular formula is C6H13IN2O. The van der Waals surface area contributed by atoms with Gasteiger partial charge in [-0.25, -0.2) is 0 Å². The lowest BCUT2D eigenvalue weighted by molar-refractivity contribution is 0.110. The largest absolute Gasteiger partial charge is 0.367 e. The Balaban J connectivity index is 2.19. The van der Waals surface area contributed by atoms with Gasteiger partial charge in [0.2, 0.25) is 0 Å². The zero-order valence-electron chi connectivity index (χ0n) is 5.81. The summed E-state index contributed by atoms with van der Waals surface area (Å²) in [7, 11) is 0. The summed E-state index contributed by atoms with van der Waals surface area (Å²) in [6, 6.07) is 0.536. The predicted molar refractivity (Wildman–Crippen MR) is 48.8 cm³/mol. The average Bonchev–Trinajstić information content (AvgIpc) is 2.48. The Kier molecular flexibility index (Phi) is 2.91. The Morgan fingerprint density at radius 1 is 1.70 bits per heavy atom. The van der Waals surface area contributed by atoms with Crippen molar-refractivity contribution in [2.45, 2.75) is 29.0 Å². The Labute approximate surface area is 74.5 Å². The SMILES string of the molecule is NCCC(O)(I)NC1CC1. The minimum Gasteiger partial charge on any atom is -0.367 e. The van der Waals surface area contributed by atoms with Crippen molar-refractivity contribution in [3.8, 4) is 0 Å². The molecule has 0 spiro atoms. The number of hydrogen-bond acceptors (Lipinski definition) is 3. The lowest BCUT2D eigenvalue weighted by Gasteiger charge is -2.21. The van der Waals surface area contributed by atoms with Crippen LogP contribution in [-0.2, 0) is 0 Å². The second-order valence-corrected chi connectivity index (χ2v) is 4.50. The summed E-state index contributed by atoms with van der Waals surface area (Å²) >= 11 is 2.00. The molecule has 1 aliphatic rings. The van der Waals surface area contributed by atoms with Gasteiger partial charge in [0.05, 0.1) is 0 Å². The van der Waals surface area contributed by atoms with Crippen molar-refractivity contribution in [3.63, 3.8) is 0 Å². The third-order valence-electron chi connectivity index (χ3n) is 1.48. The van der Waals surface area contributed by atoms with Crippen LogP contribution in [0.1, 0.15) is 19.3 Å². The number of hydrogen-bond donors (Lipinski definition) is 3. The van der Waals surface area contributed by atoms with Gasteiger partial charge in [0.25, 0.3) is 0 Å². The van der Waals surface area contributed by atoms with Crippen molar-refractivity contribution in [1.29, 1.82) is 0 Å². The summed E-state index contributed by atoms with van der Waals surface area (Å²) in [6.45, 7) is 0.527. The molecule has 1 saturated carbocycles. The molecule has 0 radical (unpaired) electrons. The second kappa shape index (κ2) is 3.34. The Bertz CT molecular complexity index is 114. The molecule has 0 saturated heterocycles. The van der Waals surface area contributed by atoms with Crippen LogP contribution < -0.4 is 11.1 Å². The fraction of sp³-hybridized carbons (Fsp3) is 1.00. The summed E-state index contributed by atoms with van der Waals surface area (Å²) in [5.74, 6) is 0. The number of alkyl halides is 1. The number of halogens is 1. The molecule has 0 aromatic rings. The highest BCUT2D eigenvalue weighted by Crippen LogP contribution is 2.25. The second-order valence-electron chi connectivity index (χ2n) is 2.72. The summed E-state index contributed by atoms with van der Waals surface area (Å²) in [5, 5.41) is 12.6. The van der Waals surface area contributed by atoms with Crippen LogP contribution in [0, 0.1) is 0 Å². The van der Waals surface area contributed by atoms with E-state index >= 15 is 0 Å². The molecule has 1 atom stereocenters. The van der Waals surface area contributed by atoms with Gasteiger partial charge < -0.3 is 10.8 Å². The summed E-state index contributed by atoms with van der Waals surface area (Å²) in [4.78, 5) is 0. The lowest BCUT2D eigenvalue weighted by Crippen LogP contribution is -2.41. The molecule has 0 amide bonds. The minimum absolute atomic E-state index is 0.527. The van der Waals surface area contributed by atoms with Crippen molar-refractivity contribution >= 4 is 22.6 Å². The molecule has 0 aromatic carbocycles. The van der Waals surface area contributed by atoms with Gasteiger partial charge in [-0.1, -0.05) is 0 Å². The normalized spacial score (nSPS) is 24.3. The molecule has 60 valence electrons. The quantitative estimate of drug-likeness (QED) is 0.291. The monoisotopic (exact) mass is 256 g/mol. The Hall–Kier alpha value is 0.610. The smallest absolute Gasteiger partial charge is 0.169 e. The van der Waals surface area contributed by atoms with E-state index < -0.39 is 3.73 Å². The molecular weight excluding hydrogens is 243 g/mol. The number of nitrogens with two attached hydrogens (primary N) is 1. The van der Waals surface area contributed by atoms with Gasteiger partial charge in [0, 0.05) is 12.5 Å². The fourth-order valence-electron chi connectivity index (χ4n) is 0.804. The molecule has 10 heavy (non-hydrogen) atoms. The molecule has 0 heterocycles. The first-order chi connectivity index (χ1) is 4.64. The molecule has 0 aromatic heterocycles. The van der Waals surface area contributed by atoms with Crippen molar-refractivity contribution in [1.82, 2.24) is 5.32 Å². The topological polar surface area (TPSA) is 58.3 Å². The van der Waals surface area contributed by atoms with E-state index in [0.29, 0.717) is 19.0 Å². The predicted octanol–water partition coefficient (Wildman–Crippen LogP) is 0.168. The van der Waals surface area contributed by atoms with Gasteiger partial charge in [-0.2, -0.15) is 0 Å². The molecule has 0 bridgehead atoms. The van der Waals surface area contributed by atoms with Crippen LogP contribution in [0.4, 0.5) is 0 Å². The molecule has 1 aliphatic carbocycles. The van der Waals surface area contributed by atoms with Crippen molar-refractivity contribution in [3.05, 3.63) is 0 Å². The van der Waals surface area contributed by atoms with Gasteiger partial charge in [-0.15, -0.1) is 0 Å². The van der Waals surface area contributed by atoms with Crippen molar-refractivity contribution in [2.24, 2.45) is 5.73 Å². The third-order valence-corrected chi connectivity index (χ3v) is 2.33. The summed E-state index contributed by atoms with van der Waals surface area (Å²) < 4.78 is -0.770. The first kappa shape index (κ1) is 8.70. The van der Waals surface area contributed by atoms with Crippen molar-refractivity contribution < 1.29 is 5.11 Å². The van der Waals surface area contributed by atoms with Gasteiger partial charge in [0.15, 0.2) is 3.73 Å². The van der Waals surface area contributed by atoms with E-state index in [-0.39, 0.29) is 0 Å². The number of aliphatic hydroxyl groups is 1. The van der Waals surface area contributed by atoms with Gasteiger partial charge in [-0.05, 0) is 42.0 Å². The highest BCUT2D eigenvalue weighted by Gasteiger charge is 2.30. The minimum atomic E-state index is -0.770. The number of nitrogens with one attached hydrogen (secondary N) is 1. The lowest BCUT2D eigenvalue weighted by atomic mass is 10.4. The molecule has 1 unspecified atom stereocenters. The number of rotatable bonds is 4. The molecule has 3 nitrogen and oxygen atoms in total. The fourth-order valence-corrected chi connectivity index (χ4v) is 1.56. The summed E-state index contributed by atoms with van der Waals surface area (Å²) in [5.41, 5.74) is 5.31. The van der Waals surface area contributed by atoms with Gasteiger partial charge in [-0.3, -0.25) is 5.32 Å².